The normalized spacial score (nSPS) is 9.63. The van der Waals surface area contributed by atoms with Gasteiger partial charge in [-0.25, -0.2) is 9.97 Å². The Bertz CT molecular complexity index is 636. The molecule has 0 aliphatic rings. The minimum absolute atomic E-state index is 0.106. The van der Waals surface area contributed by atoms with E-state index in [4.69, 9.17) is 5.26 Å². The minimum Gasteiger partial charge on any atom is -0.380 e. The van der Waals surface area contributed by atoms with E-state index >= 15 is 0 Å². The summed E-state index contributed by atoms with van der Waals surface area (Å²) in [6, 6.07) is 6.04. The molecular formula is C12H9N5O2. The van der Waals surface area contributed by atoms with Crippen LogP contribution in [0.4, 0.5) is 11.4 Å². The first-order valence-corrected chi connectivity index (χ1v) is 5.37. The van der Waals surface area contributed by atoms with Crippen molar-refractivity contribution in [1.29, 1.82) is 5.26 Å². The molecule has 7 nitrogen and oxygen atoms in total. The molecule has 1 aromatic carbocycles. The Hall–Kier alpha value is -3.01. The number of non-ortho nitro benzene ring substituents is 1. The van der Waals surface area contributed by atoms with Gasteiger partial charge in [0.25, 0.3) is 5.69 Å². The lowest BCUT2D eigenvalue weighted by Gasteiger charge is -2.07. The van der Waals surface area contributed by atoms with Gasteiger partial charge in [-0.3, -0.25) is 10.1 Å². The van der Waals surface area contributed by atoms with Gasteiger partial charge in [-0.2, -0.15) is 5.26 Å². The number of benzene rings is 1. The van der Waals surface area contributed by atoms with Crippen molar-refractivity contribution in [2.24, 2.45) is 0 Å². The van der Waals surface area contributed by atoms with Crippen LogP contribution in [0.25, 0.3) is 0 Å². The zero-order valence-corrected chi connectivity index (χ0v) is 9.78. The van der Waals surface area contributed by atoms with Crippen LogP contribution in [0.1, 0.15) is 11.1 Å². The Morgan fingerprint density at radius 2 is 2.11 bits per heavy atom. The van der Waals surface area contributed by atoms with Crippen molar-refractivity contribution in [2.45, 2.75) is 6.54 Å². The number of nitrogens with zero attached hydrogens (tertiary/aromatic N) is 4. The highest BCUT2D eigenvalue weighted by Gasteiger charge is 2.10. The van der Waals surface area contributed by atoms with Gasteiger partial charge in [0.2, 0.25) is 0 Å². The number of nitro benzene ring substituents is 1. The first-order chi connectivity index (χ1) is 9.20. The Kier molecular flexibility index (Phi) is 3.64. The summed E-state index contributed by atoms with van der Waals surface area (Å²) < 4.78 is 0. The zero-order valence-electron chi connectivity index (χ0n) is 9.78. The molecule has 94 valence electrons. The molecule has 0 unspecified atom stereocenters. The maximum absolute atomic E-state index is 10.6. The van der Waals surface area contributed by atoms with Crippen LogP contribution in [0.3, 0.4) is 0 Å². The first kappa shape index (κ1) is 12.4. The van der Waals surface area contributed by atoms with Crippen LogP contribution in [0.5, 0.6) is 0 Å². The minimum atomic E-state index is -0.532. The number of aromatic nitrogens is 2. The quantitative estimate of drug-likeness (QED) is 0.660. The third kappa shape index (κ3) is 3.01. The monoisotopic (exact) mass is 255 g/mol. The average Bonchev–Trinajstić information content (AvgIpc) is 2.45. The summed E-state index contributed by atoms with van der Waals surface area (Å²) in [5.41, 5.74) is 1.51. The Labute approximate surface area is 108 Å². The van der Waals surface area contributed by atoms with Gasteiger partial charge in [0.05, 0.1) is 16.2 Å². The lowest BCUT2D eigenvalue weighted by atomic mass is 10.1. The molecule has 1 aromatic heterocycles. The van der Waals surface area contributed by atoms with Gasteiger partial charge in [0.1, 0.15) is 12.4 Å². The average molecular weight is 255 g/mol. The molecule has 19 heavy (non-hydrogen) atoms. The number of anilines is 1. The molecule has 0 atom stereocenters. The van der Waals surface area contributed by atoms with Crippen LogP contribution in [0.15, 0.2) is 36.9 Å². The molecule has 0 radical (unpaired) electrons. The number of rotatable bonds is 4. The lowest BCUT2D eigenvalue weighted by Crippen LogP contribution is -2.02. The smallest absolute Gasteiger partial charge is 0.270 e. The fraction of sp³-hybridized carbons (Fsp3) is 0.0833. The molecule has 0 spiro atoms. The van der Waals surface area contributed by atoms with E-state index in [1.54, 1.807) is 12.4 Å². The summed E-state index contributed by atoms with van der Waals surface area (Å²) in [4.78, 5) is 17.8. The van der Waals surface area contributed by atoms with Crippen molar-refractivity contribution in [1.82, 2.24) is 9.97 Å². The largest absolute Gasteiger partial charge is 0.380 e. The van der Waals surface area contributed by atoms with Crippen LogP contribution >= 0.6 is 0 Å². The van der Waals surface area contributed by atoms with Gasteiger partial charge >= 0.3 is 0 Å². The lowest BCUT2D eigenvalue weighted by molar-refractivity contribution is -0.384. The molecule has 0 saturated carbocycles. The van der Waals surface area contributed by atoms with Crippen LogP contribution in [0.2, 0.25) is 0 Å². The second kappa shape index (κ2) is 5.55. The van der Waals surface area contributed by atoms with Gasteiger partial charge in [-0.05, 0) is 6.07 Å². The maximum atomic E-state index is 10.6. The summed E-state index contributed by atoms with van der Waals surface area (Å²) in [5.74, 6) is 0. The highest BCUT2D eigenvalue weighted by atomic mass is 16.6. The molecular weight excluding hydrogens is 246 g/mol. The Balaban J connectivity index is 2.17. The van der Waals surface area contributed by atoms with E-state index in [0.29, 0.717) is 12.2 Å². The highest BCUT2D eigenvalue weighted by Crippen LogP contribution is 2.21. The summed E-state index contributed by atoms with van der Waals surface area (Å²) in [6.45, 7) is 0.438. The van der Waals surface area contributed by atoms with E-state index in [2.05, 4.69) is 15.3 Å². The number of hydrogen-bond acceptors (Lipinski definition) is 6. The van der Waals surface area contributed by atoms with Crippen LogP contribution < -0.4 is 5.32 Å². The van der Waals surface area contributed by atoms with E-state index < -0.39 is 4.92 Å². The van der Waals surface area contributed by atoms with Crippen LogP contribution in [0, 0.1) is 21.4 Å². The summed E-state index contributed by atoms with van der Waals surface area (Å²) >= 11 is 0. The van der Waals surface area contributed by atoms with E-state index in [0.717, 1.165) is 5.56 Å². The Morgan fingerprint density at radius 1 is 1.37 bits per heavy atom. The Morgan fingerprint density at radius 3 is 2.74 bits per heavy atom. The van der Waals surface area contributed by atoms with Crippen molar-refractivity contribution >= 4 is 11.4 Å². The van der Waals surface area contributed by atoms with Crippen LogP contribution in [-0.4, -0.2) is 14.9 Å². The zero-order chi connectivity index (χ0) is 13.7. The number of hydrogen-bond donors (Lipinski definition) is 1. The molecule has 0 fully saturated rings. The van der Waals surface area contributed by atoms with E-state index in [-0.39, 0.29) is 11.3 Å². The van der Waals surface area contributed by atoms with E-state index in [1.165, 1.54) is 24.5 Å². The number of nitro groups is 1. The van der Waals surface area contributed by atoms with Crippen molar-refractivity contribution in [2.75, 3.05) is 5.32 Å². The topological polar surface area (TPSA) is 105 Å². The fourth-order valence-corrected chi connectivity index (χ4v) is 1.51. The fourth-order valence-electron chi connectivity index (χ4n) is 1.51. The maximum Gasteiger partial charge on any atom is 0.270 e. The van der Waals surface area contributed by atoms with Crippen molar-refractivity contribution in [3.63, 3.8) is 0 Å². The predicted octanol–water partition coefficient (Wildman–Crippen LogP) is 1.87. The SMILES string of the molecule is N#Cc1cc([N+](=O)[O-])ccc1NCc1cncnc1. The van der Waals surface area contributed by atoms with Gasteiger partial charge < -0.3 is 5.32 Å². The molecule has 0 bridgehead atoms. The third-order valence-corrected chi connectivity index (χ3v) is 2.43. The standard InChI is InChI=1S/C12H9N5O2/c13-4-10-3-11(17(18)19)1-2-12(10)16-7-9-5-14-8-15-6-9/h1-3,5-6,8,16H,7H2. The highest BCUT2D eigenvalue weighted by molar-refractivity contribution is 5.61. The first-order valence-electron chi connectivity index (χ1n) is 5.37. The summed E-state index contributed by atoms with van der Waals surface area (Å²) in [7, 11) is 0. The van der Waals surface area contributed by atoms with Gasteiger partial charge in [0, 0.05) is 36.6 Å². The molecule has 1 N–H and O–H groups in total. The molecule has 0 saturated heterocycles. The number of nitrogens with one attached hydrogen (secondary N) is 1. The molecule has 2 aromatic rings. The van der Waals surface area contributed by atoms with Crippen molar-refractivity contribution in [3.05, 3.63) is 58.2 Å². The summed E-state index contributed by atoms with van der Waals surface area (Å²) in [5, 5.41) is 22.6. The second-order valence-electron chi connectivity index (χ2n) is 3.70. The van der Waals surface area contributed by atoms with Crippen molar-refractivity contribution in [3.8, 4) is 6.07 Å². The molecule has 7 heteroatoms. The molecule has 0 aliphatic carbocycles. The van der Waals surface area contributed by atoms with Gasteiger partial charge in [-0.15, -0.1) is 0 Å². The second-order valence-corrected chi connectivity index (χ2v) is 3.70. The van der Waals surface area contributed by atoms with Crippen molar-refractivity contribution < 1.29 is 4.92 Å². The summed E-state index contributed by atoms with van der Waals surface area (Å²) in [6.07, 6.45) is 4.73. The molecule has 1 heterocycles. The van der Waals surface area contributed by atoms with Gasteiger partial charge in [0.15, 0.2) is 0 Å². The molecule has 2 rings (SSSR count). The van der Waals surface area contributed by atoms with E-state index in [9.17, 15) is 10.1 Å². The molecule has 0 amide bonds. The molecule has 0 aliphatic heterocycles. The van der Waals surface area contributed by atoms with Crippen LogP contribution in [-0.2, 0) is 6.54 Å². The van der Waals surface area contributed by atoms with E-state index in [1.807, 2.05) is 6.07 Å². The number of nitriles is 1. The third-order valence-electron chi connectivity index (χ3n) is 2.43. The van der Waals surface area contributed by atoms with Gasteiger partial charge in [-0.1, -0.05) is 0 Å². The predicted molar refractivity (Wildman–Crippen MR) is 67.2 cm³/mol.